The van der Waals surface area contributed by atoms with Gasteiger partial charge in [0, 0.05) is 16.2 Å². The van der Waals surface area contributed by atoms with Gasteiger partial charge in [0.1, 0.15) is 0 Å². The zero-order valence-electron chi connectivity index (χ0n) is 10.1. The summed E-state index contributed by atoms with van der Waals surface area (Å²) >= 11 is 3.63. The van der Waals surface area contributed by atoms with Crippen LogP contribution in [0.15, 0.2) is 22.7 Å². The first-order chi connectivity index (χ1) is 7.70. The Morgan fingerprint density at radius 3 is 2.88 bits per heavy atom. The van der Waals surface area contributed by atoms with Crippen LogP contribution in [-0.4, -0.2) is 6.04 Å². The van der Waals surface area contributed by atoms with Crippen LogP contribution >= 0.6 is 15.9 Å². The summed E-state index contributed by atoms with van der Waals surface area (Å²) in [4.78, 5) is 0. The van der Waals surface area contributed by atoms with Gasteiger partial charge in [0.25, 0.3) is 0 Å². The molecule has 2 unspecified atom stereocenters. The number of halogens is 1. The van der Waals surface area contributed by atoms with Gasteiger partial charge in [0.2, 0.25) is 0 Å². The van der Waals surface area contributed by atoms with Crippen molar-refractivity contribution in [2.24, 2.45) is 5.92 Å². The van der Waals surface area contributed by atoms with Crippen molar-refractivity contribution in [3.05, 3.63) is 28.2 Å². The lowest BCUT2D eigenvalue weighted by molar-refractivity contribution is 0.489. The van der Waals surface area contributed by atoms with Crippen LogP contribution in [-0.2, 0) is 0 Å². The van der Waals surface area contributed by atoms with Gasteiger partial charge in [-0.05, 0) is 59.3 Å². The topological polar surface area (TPSA) is 12.0 Å². The minimum Gasteiger partial charge on any atom is -0.381 e. The quantitative estimate of drug-likeness (QED) is 0.843. The third kappa shape index (κ3) is 2.60. The molecule has 0 heterocycles. The number of aryl methyl sites for hydroxylation is 1. The summed E-state index contributed by atoms with van der Waals surface area (Å²) in [5, 5.41) is 3.69. The van der Waals surface area contributed by atoms with E-state index in [2.05, 4.69) is 53.3 Å². The molecule has 0 spiro atoms. The number of hydrogen-bond acceptors (Lipinski definition) is 1. The van der Waals surface area contributed by atoms with E-state index in [1.54, 1.807) is 0 Å². The second-order valence-corrected chi connectivity index (χ2v) is 5.69. The van der Waals surface area contributed by atoms with Gasteiger partial charge < -0.3 is 5.32 Å². The third-order valence-electron chi connectivity index (χ3n) is 3.65. The Hall–Kier alpha value is -0.500. The number of anilines is 1. The highest BCUT2D eigenvalue weighted by Gasteiger charge is 2.25. The first kappa shape index (κ1) is 12.0. The maximum Gasteiger partial charge on any atom is 0.0487 e. The van der Waals surface area contributed by atoms with Crippen LogP contribution in [0, 0.1) is 12.8 Å². The Balaban J connectivity index is 2.08. The summed E-state index contributed by atoms with van der Waals surface area (Å²) in [5.74, 6) is 0.855. The molecule has 0 aliphatic heterocycles. The second kappa shape index (κ2) is 5.22. The molecule has 0 radical (unpaired) electrons. The van der Waals surface area contributed by atoms with Crippen LogP contribution in [0.3, 0.4) is 0 Å². The molecule has 1 aromatic rings. The van der Waals surface area contributed by atoms with Crippen LogP contribution in [0.4, 0.5) is 5.69 Å². The summed E-state index contributed by atoms with van der Waals surface area (Å²) in [7, 11) is 0. The average Bonchev–Trinajstić information content (AvgIpc) is 2.69. The zero-order chi connectivity index (χ0) is 11.5. The van der Waals surface area contributed by atoms with Crippen LogP contribution in [0.1, 0.15) is 38.2 Å². The van der Waals surface area contributed by atoms with Gasteiger partial charge >= 0.3 is 0 Å². The van der Waals surface area contributed by atoms with Crippen molar-refractivity contribution in [3.63, 3.8) is 0 Å². The van der Waals surface area contributed by atoms with Crippen molar-refractivity contribution in [1.29, 1.82) is 0 Å². The van der Waals surface area contributed by atoms with E-state index in [1.807, 2.05) is 0 Å². The Labute approximate surface area is 107 Å². The first-order valence-corrected chi connectivity index (χ1v) is 7.02. The molecular weight excluding hydrogens is 262 g/mol. The summed E-state index contributed by atoms with van der Waals surface area (Å²) in [6, 6.07) is 7.20. The van der Waals surface area contributed by atoms with Gasteiger partial charge in [-0.25, -0.2) is 0 Å². The van der Waals surface area contributed by atoms with Crippen molar-refractivity contribution in [2.45, 2.75) is 45.6 Å². The van der Waals surface area contributed by atoms with E-state index >= 15 is 0 Å². The molecular formula is C14H20BrN. The fraction of sp³-hybridized carbons (Fsp3) is 0.571. The molecule has 2 rings (SSSR count). The summed E-state index contributed by atoms with van der Waals surface area (Å²) in [5.41, 5.74) is 2.55. The molecule has 1 nitrogen and oxygen atoms in total. The summed E-state index contributed by atoms with van der Waals surface area (Å²) < 4.78 is 1.19. The van der Waals surface area contributed by atoms with E-state index < -0.39 is 0 Å². The van der Waals surface area contributed by atoms with Crippen molar-refractivity contribution in [3.8, 4) is 0 Å². The molecule has 0 aromatic heterocycles. The van der Waals surface area contributed by atoms with Crippen LogP contribution in [0.25, 0.3) is 0 Å². The standard InChI is InChI=1S/C14H20BrN/c1-3-11-5-4-6-13(11)16-14-8-7-10(2)9-12(14)15/h7-9,11,13,16H,3-6H2,1-2H3. The third-order valence-corrected chi connectivity index (χ3v) is 4.31. The smallest absolute Gasteiger partial charge is 0.0487 e. The van der Waals surface area contributed by atoms with E-state index in [0.29, 0.717) is 6.04 Å². The number of rotatable bonds is 3. The normalized spacial score (nSPS) is 24.7. The van der Waals surface area contributed by atoms with Crippen LogP contribution in [0.2, 0.25) is 0 Å². The number of benzene rings is 1. The van der Waals surface area contributed by atoms with Crippen LogP contribution in [0.5, 0.6) is 0 Å². The molecule has 88 valence electrons. The molecule has 1 aliphatic rings. The highest BCUT2D eigenvalue weighted by molar-refractivity contribution is 9.10. The lowest BCUT2D eigenvalue weighted by atomic mass is 10.0. The van der Waals surface area contributed by atoms with E-state index in [1.165, 1.54) is 41.4 Å². The Kier molecular flexibility index (Phi) is 3.91. The predicted octanol–water partition coefficient (Wildman–Crippen LogP) is 4.75. The molecule has 2 heteroatoms. The van der Waals surface area contributed by atoms with Crippen molar-refractivity contribution < 1.29 is 0 Å². The predicted molar refractivity (Wildman–Crippen MR) is 73.9 cm³/mol. The molecule has 1 saturated carbocycles. The average molecular weight is 282 g/mol. The van der Waals surface area contributed by atoms with Gasteiger partial charge in [-0.2, -0.15) is 0 Å². The van der Waals surface area contributed by atoms with Gasteiger partial charge in [0.05, 0.1) is 0 Å². The van der Waals surface area contributed by atoms with Crippen molar-refractivity contribution in [2.75, 3.05) is 5.32 Å². The van der Waals surface area contributed by atoms with E-state index in [4.69, 9.17) is 0 Å². The summed E-state index contributed by atoms with van der Waals surface area (Å²) in [6.45, 7) is 4.42. The Morgan fingerprint density at radius 1 is 1.38 bits per heavy atom. The van der Waals surface area contributed by atoms with Gasteiger partial charge in [-0.1, -0.05) is 25.8 Å². The minimum absolute atomic E-state index is 0.670. The lowest BCUT2D eigenvalue weighted by Crippen LogP contribution is -2.23. The maximum absolute atomic E-state index is 3.69. The van der Waals surface area contributed by atoms with E-state index in [-0.39, 0.29) is 0 Å². The second-order valence-electron chi connectivity index (χ2n) is 4.83. The molecule has 2 atom stereocenters. The molecule has 16 heavy (non-hydrogen) atoms. The fourth-order valence-corrected chi connectivity index (χ4v) is 3.26. The van der Waals surface area contributed by atoms with Gasteiger partial charge in [-0.3, -0.25) is 0 Å². The van der Waals surface area contributed by atoms with Crippen LogP contribution < -0.4 is 5.32 Å². The molecule has 1 aromatic carbocycles. The Bertz CT molecular complexity index is 362. The highest BCUT2D eigenvalue weighted by Crippen LogP contribution is 2.33. The molecule has 1 N–H and O–H groups in total. The fourth-order valence-electron chi connectivity index (χ4n) is 2.65. The van der Waals surface area contributed by atoms with Gasteiger partial charge in [0.15, 0.2) is 0 Å². The Morgan fingerprint density at radius 2 is 2.19 bits per heavy atom. The minimum atomic E-state index is 0.670. The molecule has 1 aliphatic carbocycles. The zero-order valence-corrected chi connectivity index (χ0v) is 11.7. The highest BCUT2D eigenvalue weighted by atomic mass is 79.9. The van der Waals surface area contributed by atoms with Crippen molar-refractivity contribution in [1.82, 2.24) is 0 Å². The molecule has 0 saturated heterocycles. The van der Waals surface area contributed by atoms with E-state index in [0.717, 1.165) is 5.92 Å². The van der Waals surface area contributed by atoms with Gasteiger partial charge in [-0.15, -0.1) is 0 Å². The summed E-state index contributed by atoms with van der Waals surface area (Å²) in [6.07, 6.45) is 5.37. The molecule has 1 fully saturated rings. The SMILES string of the molecule is CCC1CCCC1Nc1ccc(C)cc1Br. The molecule has 0 amide bonds. The maximum atomic E-state index is 3.69. The largest absolute Gasteiger partial charge is 0.381 e. The van der Waals surface area contributed by atoms with E-state index in [9.17, 15) is 0 Å². The van der Waals surface area contributed by atoms with Crippen molar-refractivity contribution >= 4 is 21.6 Å². The number of hydrogen-bond donors (Lipinski definition) is 1. The number of nitrogens with one attached hydrogen (secondary N) is 1. The monoisotopic (exact) mass is 281 g/mol. The molecule has 0 bridgehead atoms. The lowest BCUT2D eigenvalue weighted by Gasteiger charge is -2.21. The first-order valence-electron chi connectivity index (χ1n) is 6.23.